The van der Waals surface area contributed by atoms with Crippen LogP contribution in [0.15, 0.2) is 51.9 Å². The maximum atomic E-state index is 10.3. The highest BCUT2D eigenvalue weighted by molar-refractivity contribution is 7.97. The minimum Gasteiger partial charge on any atom is -0.489 e. The quantitative estimate of drug-likeness (QED) is 0.231. The van der Waals surface area contributed by atoms with Gasteiger partial charge in [0.1, 0.15) is 12.0 Å². The van der Waals surface area contributed by atoms with E-state index in [1.165, 1.54) is 11.9 Å². The van der Waals surface area contributed by atoms with Gasteiger partial charge in [0.05, 0.1) is 23.3 Å². The summed E-state index contributed by atoms with van der Waals surface area (Å²) in [5.41, 5.74) is 1.59. The number of carbonyl (C=O) groups is 1. The van der Waals surface area contributed by atoms with E-state index in [-0.39, 0.29) is 11.7 Å². The number of methoxy groups -OCH3 is 1. The number of nitrogens with one attached hydrogen (secondary N) is 1. The van der Waals surface area contributed by atoms with Gasteiger partial charge in [0, 0.05) is 23.1 Å². The lowest BCUT2D eigenvalue weighted by atomic mass is 10.2. The van der Waals surface area contributed by atoms with Gasteiger partial charge in [-0.15, -0.1) is 0 Å². The van der Waals surface area contributed by atoms with E-state index in [2.05, 4.69) is 14.9 Å². The molecule has 0 atom stereocenters. The number of hydrogen-bond acceptors (Lipinski definition) is 8. The molecule has 0 aliphatic heterocycles. The number of benzene rings is 2. The van der Waals surface area contributed by atoms with E-state index in [1.54, 1.807) is 19.2 Å². The zero-order valence-electron chi connectivity index (χ0n) is 19.7. The summed E-state index contributed by atoms with van der Waals surface area (Å²) in [7, 11) is 1.71. The highest BCUT2D eigenvalue weighted by atomic mass is 35.5. The average molecular weight is 492 g/mol. The fraction of sp³-hybridized carbons (Fsp3) is 0.375. The smallest absolute Gasteiger partial charge is 0.258 e. The lowest BCUT2D eigenvalue weighted by Gasteiger charge is -2.14. The molecule has 0 radical (unpaired) electrons. The van der Waals surface area contributed by atoms with Crippen LogP contribution in [0.3, 0.4) is 0 Å². The number of aldehydes is 1. The molecule has 3 aromatic rings. The van der Waals surface area contributed by atoms with Crippen LogP contribution in [0.1, 0.15) is 34.6 Å². The Bertz CT molecular complexity index is 1020. The van der Waals surface area contributed by atoms with Gasteiger partial charge in [-0.3, -0.25) is 4.72 Å². The second-order valence-electron chi connectivity index (χ2n) is 8.19. The standard InChI is InChI=1S/C19H18ClN3O3S.C5H12O/c1-12(2)25-17-8-5-14(11-16(17)20)18-22-19(26-23-18)13-3-6-15(7-4-13)27-21-9-10-24;1-5(2,3)6-4/h3-8,10-12,21H,9H2,1-2H3;1-4H3. The summed E-state index contributed by atoms with van der Waals surface area (Å²) < 4.78 is 18.9. The first kappa shape index (κ1) is 26.9. The van der Waals surface area contributed by atoms with Gasteiger partial charge in [0.15, 0.2) is 0 Å². The van der Waals surface area contributed by atoms with Crippen LogP contribution in [0.5, 0.6) is 5.75 Å². The number of nitrogens with zero attached hydrogens (tertiary/aromatic N) is 2. The summed E-state index contributed by atoms with van der Waals surface area (Å²) in [5.74, 6) is 1.49. The van der Waals surface area contributed by atoms with Gasteiger partial charge < -0.3 is 18.8 Å². The average Bonchev–Trinajstić information content (AvgIpc) is 3.26. The summed E-state index contributed by atoms with van der Waals surface area (Å²) in [6.45, 7) is 10.2. The van der Waals surface area contributed by atoms with Crippen LogP contribution in [-0.4, -0.2) is 41.8 Å². The van der Waals surface area contributed by atoms with Crippen LogP contribution in [0, 0.1) is 0 Å². The van der Waals surface area contributed by atoms with E-state index >= 15 is 0 Å². The molecule has 0 bridgehead atoms. The molecule has 33 heavy (non-hydrogen) atoms. The van der Waals surface area contributed by atoms with Crippen molar-refractivity contribution in [1.82, 2.24) is 14.9 Å². The van der Waals surface area contributed by atoms with E-state index in [0.29, 0.717) is 29.0 Å². The number of ether oxygens (including phenoxy) is 2. The Hall–Kier alpha value is -2.39. The summed E-state index contributed by atoms with van der Waals surface area (Å²) in [6, 6.07) is 13.0. The zero-order chi connectivity index (χ0) is 24.4. The number of carbonyl (C=O) groups excluding carboxylic acids is 1. The predicted molar refractivity (Wildman–Crippen MR) is 133 cm³/mol. The topological polar surface area (TPSA) is 86.5 Å². The van der Waals surface area contributed by atoms with Crippen LogP contribution in [-0.2, 0) is 9.53 Å². The molecule has 2 aromatic carbocycles. The van der Waals surface area contributed by atoms with Gasteiger partial charge in [-0.05, 0) is 89.0 Å². The van der Waals surface area contributed by atoms with Crippen molar-refractivity contribution in [3.8, 4) is 28.6 Å². The monoisotopic (exact) mass is 491 g/mol. The Morgan fingerprint density at radius 3 is 2.33 bits per heavy atom. The molecule has 1 N–H and O–H groups in total. The second kappa shape index (κ2) is 12.7. The molecule has 1 aromatic heterocycles. The third kappa shape index (κ3) is 9.17. The van der Waals surface area contributed by atoms with E-state index < -0.39 is 0 Å². The zero-order valence-corrected chi connectivity index (χ0v) is 21.3. The molecule has 1 heterocycles. The summed E-state index contributed by atoms with van der Waals surface area (Å²) in [6.07, 6.45) is 0.856. The molecule has 0 saturated heterocycles. The third-order valence-corrected chi connectivity index (χ3v) is 5.16. The van der Waals surface area contributed by atoms with Crippen molar-refractivity contribution in [3.05, 3.63) is 47.5 Å². The van der Waals surface area contributed by atoms with Gasteiger partial charge in [0.25, 0.3) is 5.89 Å². The first-order valence-corrected chi connectivity index (χ1v) is 11.6. The molecule has 0 saturated carbocycles. The highest BCUT2D eigenvalue weighted by Crippen LogP contribution is 2.31. The van der Waals surface area contributed by atoms with E-state index in [1.807, 2.05) is 65.0 Å². The Morgan fingerprint density at radius 2 is 1.79 bits per heavy atom. The largest absolute Gasteiger partial charge is 0.489 e. The van der Waals surface area contributed by atoms with Crippen molar-refractivity contribution in [2.45, 2.75) is 51.2 Å². The first-order chi connectivity index (χ1) is 15.6. The molecule has 9 heteroatoms. The molecule has 7 nitrogen and oxygen atoms in total. The van der Waals surface area contributed by atoms with Crippen LogP contribution in [0.4, 0.5) is 0 Å². The lowest BCUT2D eigenvalue weighted by Crippen LogP contribution is -2.15. The van der Waals surface area contributed by atoms with E-state index in [9.17, 15) is 4.79 Å². The second-order valence-corrected chi connectivity index (χ2v) is 9.56. The van der Waals surface area contributed by atoms with Gasteiger partial charge in [-0.1, -0.05) is 16.8 Å². The van der Waals surface area contributed by atoms with Gasteiger partial charge in [-0.25, -0.2) is 0 Å². The fourth-order valence-corrected chi connectivity index (χ4v) is 3.09. The predicted octanol–water partition coefficient (Wildman–Crippen LogP) is 6.07. The van der Waals surface area contributed by atoms with Crippen molar-refractivity contribution in [3.63, 3.8) is 0 Å². The molecule has 0 fully saturated rings. The maximum absolute atomic E-state index is 10.3. The number of hydrogen-bond donors (Lipinski definition) is 1. The number of rotatable bonds is 8. The van der Waals surface area contributed by atoms with Crippen molar-refractivity contribution >= 4 is 29.8 Å². The van der Waals surface area contributed by atoms with E-state index in [0.717, 1.165) is 22.3 Å². The van der Waals surface area contributed by atoms with Crippen LogP contribution in [0.25, 0.3) is 22.8 Å². The number of halogens is 1. The molecular formula is C24H30ClN3O4S. The Kier molecular flexibility index (Phi) is 10.4. The van der Waals surface area contributed by atoms with Crippen molar-refractivity contribution in [2.75, 3.05) is 13.7 Å². The van der Waals surface area contributed by atoms with E-state index in [4.69, 9.17) is 25.6 Å². The Morgan fingerprint density at radius 1 is 1.15 bits per heavy atom. The first-order valence-electron chi connectivity index (χ1n) is 10.4. The minimum absolute atomic E-state index is 0.0416. The third-order valence-electron chi connectivity index (χ3n) is 4.05. The van der Waals surface area contributed by atoms with Crippen LogP contribution >= 0.6 is 23.5 Å². The Balaban J connectivity index is 0.000000569. The maximum Gasteiger partial charge on any atom is 0.258 e. The fourth-order valence-electron chi connectivity index (χ4n) is 2.27. The van der Waals surface area contributed by atoms with Gasteiger partial charge in [-0.2, -0.15) is 4.98 Å². The normalized spacial score (nSPS) is 11.2. The van der Waals surface area contributed by atoms with Gasteiger partial charge in [0.2, 0.25) is 5.82 Å². The molecular weight excluding hydrogens is 462 g/mol. The molecule has 3 rings (SSSR count). The van der Waals surface area contributed by atoms with Gasteiger partial charge >= 0.3 is 0 Å². The van der Waals surface area contributed by atoms with Crippen molar-refractivity contribution in [1.29, 1.82) is 0 Å². The van der Waals surface area contributed by atoms with Crippen LogP contribution < -0.4 is 9.46 Å². The van der Waals surface area contributed by atoms with Crippen LogP contribution in [0.2, 0.25) is 5.02 Å². The Labute approximate surface area is 204 Å². The minimum atomic E-state index is 0.0416. The summed E-state index contributed by atoms with van der Waals surface area (Å²) in [4.78, 5) is 15.7. The molecule has 0 unspecified atom stereocenters. The molecule has 0 spiro atoms. The summed E-state index contributed by atoms with van der Waals surface area (Å²) >= 11 is 7.66. The molecule has 0 aliphatic rings. The molecule has 0 aliphatic carbocycles. The summed E-state index contributed by atoms with van der Waals surface area (Å²) in [5, 5.41) is 4.53. The SMILES string of the molecule is CC(C)Oc1ccc(-c2noc(-c3ccc(SNCC=O)cc3)n2)cc1Cl.COC(C)(C)C. The highest BCUT2D eigenvalue weighted by Gasteiger charge is 2.13. The van der Waals surface area contributed by atoms with Crippen molar-refractivity contribution in [2.24, 2.45) is 0 Å². The molecule has 178 valence electrons. The number of aromatic nitrogens is 2. The van der Waals surface area contributed by atoms with Crippen molar-refractivity contribution < 1.29 is 18.8 Å². The lowest BCUT2D eigenvalue weighted by molar-refractivity contribution is -0.106. The molecule has 0 amide bonds.